The minimum atomic E-state index is -3.91. The summed E-state index contributed by atoms with van der Waals surface area (Å²) in [4.78, 5) is 17.0. The minimum absolute atomic E-state index is 0.00328. The topological polar surface area (TPSA) is 126 Å². The minimum Gasteiger partial charge on any atom is -0.287 e. The molecule has 2 N–H and O–H groups in total. The van der Waals surface area contributed by atoms with E-state index < -0.39 is 10.0 Å². The summed E-state index contributed by atoms with van der Waals surface area (Å²) in [5, 5.41) is 16.2. The Morgan fingerprint density at radius 1 is 0.939 bits per heavy atom. The van der Waals surface area contributed by atoms with E-state index in [-0.39, 0.29) is 16.0 Å². The lowest BCUT2D eigenvalue weighted by atomic mass is 10.1. The Balaban J connectivity index is 1.70. The first-order chi connectivity index (χ1) is 15.8. The Bertz CT molecular complexity index is 1680. The van der Waals surface area contributed by atoms with E-state index in [9.17, 15) is 13.2 Å². The summed E-state index contributed by atoms with van der Waals surface area (Å²) < 4.78 is 27.0. The zero-order chi connectivity index (χ0) is 23.2. The van der Waals surface area contributed by atoms with Crippen molar-refractivity contribution in [2.45, 2.75) is 11.8 Å². The fourth-order valence-electron chi connectivity index (χ4n) is 3.84. The molecule has 3 heterocycles. The van der Waals surface area contributed by atoms with Crippen molar-refractivity contribution in [3.63, 3.8) is 0 Å². The van der Waals surface area contributed by atoms with Crippen LogP contribution in [0.4, 0.5) is 0 Å². The molecule has 10 heteroatoms. The van der Waals surface area contributed by atoms with Crippen molar-refractivity contribution in [1.29, 1.82) is 0 Å². The van der Waals surface area contributed by atoms with Crippen molar-refractivity contribution in [1.82, 2.24) is 24.5 Å². The number of fused-ring (bicyclic) bond motifs is 1. The number of sulfonamides is 1. The number of rotatable bonds is 4. The summed E-state index contributed by atoms with van der Waals surface area (Å²) in [5.74, 6) is 0. The zero-order valence-electron chi connectivity index (χ0n) is 17.5. The highest BCUT2D eigenvalue weighted by atomic mass is 32.2. The van der Waals surface area contributed by atoms with Gasteiger partial charge in [-0.3, -0.25) is 9.78 Å². The number of hydrogen-bond donors (Lipinski definition) is 1. The molecule has 164 valence electrons. The van der Waals surface area contributed by atoms with Crippen LogP contribution in [0, 0.1) is 6.92 Å². The second-order valence-corrected chi connectivity index (χ2v) is 8.95. The van der Waals surface area contributed by atoms with Crippen LogP contribution in [0.25, 0.3) is 33.5 Å². The molecule has 5 aromatic rings. The lowest BCUT2D eigenvalue weighted by molar-refractivity contribution is 0.597. The Morgan fingerprint density at radius 2 is 1.73 bits per heavy atom. The fourth-order valence-corrected chi connectivity index (χ4v) is 4.64. The lowest BCUT2D eigenvalue weighted by Crippen LogP contribution is -2.17. The molecule has 0 spiro atoms. The van der Waals surface area contributed by atoms with E-state index in [0.29, 0.717) is 16.9 Å². The number of nitrogens with two attached hydrogens (primary N) is 1. The molecular formula is C23H18N6O3S. The highest BCUT2D eigenvalue weighted by Crippen LogP contribution is 2.26. The van der Waals surface area contributed by atoms with Crippen molar-refractivity contribution < 1.29 is 8.42 Å². The maximum Gasteiger partial charge on any atom is 0.238 e. The molecular weight excluding hydrogens is 440 g/mol. The van der Waals surface area contributed by atoms with E-state index in [1.54, 1.807) is 48.4 Å². The molecule has 0 amide bonds. The van der Waals surface area contributed by atoms with Gasteiger partial charge in [0.15, 0.2) is 5.69 Å². The van der Waals surface area contributed by atoms with Crippen LogP contribution < -0.4 is 10.6 Å². The maximum atomic E-state index is 12.8. The average Bonchev–Trinajstić information content (AvgIpc) is 3.28. The SMILES string of the molecule is Cc1c(-n2ccc(=O)c(-c3ccnn3-c3cccc4cnccc34)n2)cccc1S(N)(=O)=O. The second kappa shape index (κ2) is 7.76. The molecule has 0 aliphatic heterocycles. The van der Waals surface area contributed by atoms with Gasteiger partial charge in [-0.2, -0.15) is 10.2 Å². The highest BCUT2D eigenvalue weighted by molar-refractivity contribution is 7.89. The summed E-state index contributed by atoms with van der Waals surface area (Å²) in [6.07, 6.45) is 6.55. The number of pyridine rings is 1. The molecule has 3 aromatic heterocycles. The van der Waals surface area contributed by atoms with E-state index in [0.717, 1.165) is 16.5 Å². The maximum absolute atomic E-state index is 12.8. The van der Waals surface area contributed by atoms with Crippen LogP contribution in [0.15, 0.2) is 89.1 Å². The van der Waals surface area contributed by atoms with Crippen molar-refractivity contribution in [2.75, 3.05) is 0 Å². The first-order valence-electron chi connectivity index (χ1n) is 9.95. The molecule has 33 heavy (non-hydrogen) atoms. The van der Waals surface area contributed by atoms with Gasteiger partial charge in [0, 0.05) is 35.4 Å². The second-order valence-electron chi connectivity index (χ2n) is 7.42. The smallest absolute Gasteiger partial charge is 0.238 e. The van der Waals surface area contributed by atoms with Gasteiger partial charge in [-0.25, -0.2) is 22.9 Å². The Hall–Kier alpha value is -4.15. The van der Waals surface area contributed by atoms with Gasteiger partial charge in [0.2, 0.25) is 15.5 Å². The Labute approximate surface area is 188 Å². The van der Waals surface area contributed by atoms with Gasteiger partial charge in [0.05, 0.1) is 28.2 Å². The number of aromatic nitrogens is 5. The lowest BCUT2D eigenvalue weighted by Gasteiger charge is -2.14. The van der Waals surface area contributed by atoms with Gasteiger partial charge in [-0.05, 0) is 42.8 Å². The van der Waals surface area contributed by atoms with Crippen molar-refractivity contribution >= 4 is 20.8 Å². The van der Waals surface area contributed by atoms with Gasteiger partial charge in [0.1, 0.15) is 0 Å². The van der Waals surface area contributed by atoms with Gasteiger partial charge < -0.3 is 0 Å². The third-order valence-electron chi connectivity index (χ3n) is 5.39. The van der Waals surface area contributed by atoms with E-state index in [4.69, 9.17) is 5.14 Å². The molecule has 0 radical (unpaired) electrons. The first kappa shape index (κ1) is 20.7. The number of primary sulfonamides is 1. The summed E-state index contributed by atoms with van der Waals surface area (Å²) >= 11 is 0. The molecule has 0 saturated carbocycles. The quantitative estimate of drug-likeness (QED) is 0.441. The summed E-state index contributed by atoms with van der Waals surface area (Å²) in [7, 11) is -3.91. The summed E-state index contributed by atoms with van der Waals surface area (Å²) in [6, 6.07) is 15.4. The molecule has 0 atom stereocenters. The monoisotopic (exact) mass is 458 g/mol. The normalized spacial score (nSPS) is 11.7. The molecule has 0 aliphatic rings. The van der Waals surface area contributed by atoms with Crippen LogP contribution in [-0.4, -0.2) is 33.0 Å². The number of benzene rings is 2. The predicted molar refractivity (Wildman–Crippen MR) is 124 cm³/mol. The van der Waals surface area contributed by atoms with Crippen LogP contribution in [0.2, 0.25) is 0 Å². The predicted octanol–water partition coefficient (Wildman–Crippen LogP) is 2.59. The third-order valence-corrected chi connectivity index (χ3v) is 6.44. The number of nitrogens with zero attached hydrogens (tertiary/aromatic N) is 5. The molecule has 0 aliphatic carbocycles. The molecule has 5 rings (SSSR count). The van der Waals surface area contributed by atoms with Crippen LogP contribution in [-0.2, 0) is 10.0 Å². The van der Waals surface area contributed by atoms with Crippen LogP contribution in [0.1, 0.15) is 5.56 Å². The standard InChI is InChI=1S/C23H18N6O3S/c1-15-18(5-3-7-22(15)33(24,31)32)28-13-10-21(30)23(27-28)20-9-12-26-29(20)19-6-2-4-16-14-25-11-8-17(16)19/h2-14H,1H3,(H2,24,31,32). The zero-order valence-corrected chi connectivity index (χ0v) is 18.3. The van der Waals surface area contributed by atoms with Gasteiger partial charge in [-0.1, -0.05) is 18.2 Å². The largest absolute Gasteiger partial charge is 0.287 e. The third kappa shape index (κ3) is 3.60. The highest BCUT2D eigenvalue weighted by Gasteiger charge is 2.18. The van der Waals surface area contributed by atoms with Crippen LogP contribution in [0.5, 0.6) is 0 Å². The molecule has 0 unspecified atom stereocenters. The first-order valence-corrected chi connectivity index (χ1v) is 11.5. The summed E-state index contributed by atoms with van der Waals surface area (Å²) in [6.45, 7) is 1.64. The summed E-state index contributed by atoms with van der Waals surface area (Å²) in [5.41, 5.74) is 2.07. The number of hydrogen-bond acceptors (Lipinski definition) is 6. The van der Waals surface area contributed by atoms with Crippen molar-refractivity contribution in [3.05, 3.63) is 95.2 Å². The van der Waals surface area contributed by atoms with E-state index in [2.05, 4.69) is 15.2 Å². The van der Waals surface area contributed by atoms with Gasteiger partial charge in [0.25, 0.3) is 0 Å². The van der Waals surface area contributed by atoms with E-state index in [1.807, 2.05) is 24.3 Å². The van der Waals surface area contributed by atoms with Gasteiger partial charge in [-0.15, -0.1) is 0 Å². The molecule has 2 aromatic carbocycles. The Morgan fingerprint density at radius 3 is 2.55 bits per heavy atom. The molecule has 9 nitrogen and oxygen atoms in total. The van der Waals surface area contributed by atoms with E-state index >= 15 is 0 Å². The average molecular weight is 459 g/mol. The van der Waals surface area contributed by atoms with Gasteiger partial charge >= 0.3 is 0 Å². The molecule has 0 saturated heterocycles. The van der Waals surface area contributed by atoms with Crippen molar-refractivity contribution in [2.24, 2.45) is 5.14 Å². The van der Waals surface area contributed by atoms with Crippen LogP contribution >= 0.6 is 0 Å². The van der Waals surface area contributed by atoms with Crippen molar-refractivity contribution in [3.8, 4) is 22.8 Å². The molecule has 0 fully saturated rings. The fraction of sp³-hybridized carbons (Fsp3) is 0.0435. The Kier molecular flexibility index (Phi) is 4.88. The van der Waals surface area contributed by atoms with E-state index in [1.165, 1.54) is 23.0 Å². The van der Waals surface area contributed by atoms with Crippen LogP contribution in [0.3, 0.4) is 0 Å². The molecule has 0 bridgehead atoms.